The first-order valence-corrected chi connectivity index (χ1v) is 9.43. The summed E-state index contributed by atoms with van der Waals surface area (Å²) in [6.45, 7) is 2.92. The first kappa shape index (κ1) is 18.4. The van der Waals surface area contributed by atoms with Crippen molar-refractivity contribution in [3.05, 3.63) is 65.2 Å². The van der Waals surface area contributed by atoms with E-state index in [0.717, 1.165) is 12.5 Å². The maximum atomic E-state index is 14.6. The molecule has 0 N–H and O–H groups in total. The van der Waals surface area contributed by atoms with Gasteiger partial charge in [-0.1, -0.05) is 43.3 Å². The minimum Gasteiger partial charge on any atom is -0.223 e. The van der Waals surface area contributed by atoms with Crippen LogP contribution < -0.4 is 0 Å². The van der Waals surface area contributed by atoms with Crippen molar-refractivity contribution in [1.82, 2.24) is 0 Å². The zero-order valence-corrected chi connectivity index (χ0v) is 14.7. The van der Waals surface area contributed by atoms with Gasteiger partial charge in [-0.15, -0.1) is 0 Å². The highest BCUT2D eigenvalue weighted by molar-refractivity contribution is 7.91. The zero-order chi connectivity index (χ0) is 19.2. The third-order valence-corrected chi connectivity index (χ3v) is 6.07. The lowest BCUT2D eigenvalue weighted by Crippen LogP contribution is -2.14. The Morgan fingerprint density at radius 1 is 0.808 bits per heavy atom. The zero-order valence-electron chi connectivity index (χ0n) is 13.9. The SMILES string of the molecule is CCS(=O)(=O)c1c(F)c(F)c(-c2ccc(C)c3ccccc23)c(F)c1F. The first-order chi connectivity index (χ1) is 12.2. The molecule has 3 rings (SSSR count). The topological polar surface area (TPSA) is 34.1 Å². The van der Waals surface area contributed by atoms with E-state index in [1.54, 1.807) is 37.3 Å². The van der Waals surface area contributed by atoms with Crippen molar-refractivity contribution in [3.8, 4) is 11.1 Å². The Balaban J connectivity index is 2.45. The summed E-state index contributed by atoms with van der Waals surface area (Å²) < 4.78 is 81.7. The standard InChI is InChI=1S/C19H14F4O2S/c1-3-26(24,25)19-17(22)15(20)14(16(21)18(19)23)13-9-8-10(2)11-6-4-5-7-12(11)13/h4-9H,3H2,1-2H3. The van der Waals surface area contributed by atoms with E-state index in [-0.39, 0.29) is 5.56 Å². The summed E-state index contributed by atoms with van der Waals surface area (Å²) >= 11 is 0. The van der Waals surface area contributed by atoms with Gasteiger partial charge >= 0.3 is 0 Å². The summed E-state index contributed by atoms with van der Waals surface area (Å²) in [5.41, 5.74) is -0.165. The van der Waals surface area contributed by atoms with E-state index in [1.807, 2.05) is 0 Å². The minimum absolute atomic E-state index is 0.0561. The molecule has 0 fully saturated rings. The molecule has 0 aliphatic heterocycles. The smallest absolute Gasteiger partial charge is 0.184 e. The van der Waals surface area contributed by atoms with Crippen LogP contribution in [0.5, 0.6) is 0 Å². The number of rotatable bonds is 3. The molecule has 0 saturated heterocycles. The molecule has 0 radical (unpaired) electrons. The van der Waals surface area contributed by atoms with Crippen molar-refractivity contribution >= 4 is 20.6 Å². The Bertz CT molecular complexity index is 1110. The number of fused-ring (bicyclic) bond motifs is 1. The second-order valence-corrected chi connectivity index (χ2v) is 8.05. The van der Waals surface area contributed by atoms with Crippen molar-refractivity contribution in [2.24, 2.45) is 0 Å². The highest BCUT2D eigenvalue weighted by Crippen LogP contribution is 2.38. The van der Waals surface area contributed by atoms with Crippen LogP contribution in [-0.4, -0.2) is 14.2 Å². The molecule has 0 atom stereocenters. The predicted octanol–water partition coefficient (Wildman–Crippen LogP) is 5.17. The fraction of sp³-hybridized carbons (Fsp3) is 0.158. The van der Waals surface area contributed by atoms with Gasteiger partial charge < -0.3 is 0 Å². The van der Waals surface area contributed by atoms with Crippen LogP contribution in [0.3, 0.4) is 0 Å². The van der Waals surface area contributed by atoms with E-state index in [0.29, 0.717) is 10.8 Å². The summed E-state index contributed by atoms with van der Waals surface area (Å²) in [4.78, 5) is -1.57. The van der Waals surface area contributed by atoms with Crippen LogP contribution in [0.25, 0.3) is 21.9 Å². The molecule has 7 heteroatoms. The van der Waals surface area contributed by atoms with Crippen molar-refractivity contribution < 1.29 is 26.0 Å². The summed E-state index contributed by atoms with van der Waals surface area (Å²) in [6.07, 6.45) is 0. The average molecular weight is 382 g/mol. The van der Waals surface area contributed by atoms with Crippen LogP contribution in [0.15, 0.2) is 41.3 Å². The number of hydrogen-bond acceptors (Lipinski definition) is 2. The third kappa shape index (κ3) is 2.67. The first-order valence-electron chi connectivity index (χ1n) is 7.78. The van der Waals surface area contributed by atoms with Gasteiger partial charge in [-0.2, -0.15) is 0 Å². The normalized spacial score (nSPS) is 11.9. The predicted molar refractivity (Wildman–Crippen MR) is 91.7 cm³/mol. The molecule has 136 valence electrons. The van der Waals surface area contributed by atoms with Gasteiger partial charge in [0.1, 0.15) is 4.90 Å². The molecule has 0 saturated carbocycles. The highest BCUT2D eigenvalue weighted by atomic mass is 32.2. The maximum Gasteiger partial charge on any atom is 0.184 e. The number of aryl methyl sites for hydroxylation is 1. The van der Waals surface area contributed by atoms with E-state index >= 15 is 0 Å². The van der Waals surface area contributed by atoms with Gasteiger partial charge in [0.15, 0.2) is 33.1 Å². The minimum atomic E-state index is -4.48. The van der Waals surface area contributed by atoms with Crippen molar-refractivity contribution in [1.29, 1.82) is 0 Å². The van der Waals surface area contributed by atoms with Gasteiger partial charge in [0, 0.05) is 0 Å². The second-order valence-electron chi connectivity index (χ2n) is 5.84. The number of halogens is 4. The van der Waals surface area contributed by atoms with Crippen LogP contribution in [0, 0.1) is 30.2 Å². The maximum absolute atomic E-state index is 14.6. The molecule has 26 heavy (non-hydrogen) atoms. The number of sulfone groups is 1. The van der Waals surface area contributed by atoms with Gasteiger partial charge in [0.05, 0.1) is 11.3 Å². The molecular formula is C19H14F4O2S. The second kappa shape index (κ2) is 6.39. The quantitative estimate of drug-likeness (QED) is 0.463. The monoisotopic (exact) mass is 382 g/mol. The Labute approximate surface area is 148 Å². The largest absolute Gasteiger partial charge is 0.223 e. The van der Waals surface area contributed by atoms with Crippen LogP contribution in [0.1, 0.15) is 12.5 Å². The highest BCUT2D eigenvalue weighted by Gasteiger charge is 2.33. The van der Waals surface area contributed by atoms with Gasteiger partial charge in [-0.25, -0.2) is 26.0 Å². The van der Waals surface area contributed by atoms with Gasteiger partial charge in [-0.3, -0.25) is 0 Å². The van der Waals surface area contributed by atoms with Crippen molar-refractivity contribution in [3.63, 3.8) is 0 Å². The number of hydrogen-bond donors (Lipinski definition) is 0. The molecule has 0 amide bonds. The molecule has 0 spiro atoms. The van der Waals surface area contributed by atoms with Gasteiger partial charge in [-0.05, 0) is 28.8 Å². The van der Waals surface area contributed by atoms with Crippen LogP contribution in [-0.2, 0) is 9.84 Å². The summed E-state index contributed by atoms with van der Waals surface area (Å²) in [6, 6.07) is 9.57. The molecular weight excluding hydrogens is 368 g/mol. The molecule has 0 aromatic heterocycles. The van der Waals surface area contributed by atoms with Gasteiger partial charge in [0.2, 0.25) is 0 Å². The molecule has 0 heterocycles. The fourth-order valence-electron chi connectivity index (χ4n) is 2.93. The van der Waals surface area contributed by atoms with E-state index in [9.17, 15) is 26.0 Å². The fourth-order valence-corrected chi connectivity index (χ4v) is 3.95. The van der Waals surface area contributed by atoms with Gasteiger partial charge in [0.25, 0.3) is 0 Å². The Kier molecular flexibility index (Phi) is 4.52. The molecule has 3 aromatic rings. The van der Waals surface area contributed by atoms with E-state index in [2.05, 4.69) is 0 Å². The van der Waals surface area contributed by atoms with Crippen LogP contribution >= 0.6 is 0 Å². The van der Waals surface area contributed by atoms with E-state index in [1.165, 1.54) is 6.07 Å². The third-order valence-electron chi connectivity index (χ3n) is 4.33. The van der Waals surface area contributed by atoms with E-state index < -0.39 is 49.3 Å². The van der Waals surface area contributed by atoms with Crippen molar-refractivity contribution in [2.75, 3.05) is 5.75 Å². The molecule has 3 aromatic carbocycles. The average Bonchev–Trinajstić information content (AvgIpc) is 2.62. The molecule has 0 unspecified atom stereocenters. The van der Waals surface area contributed by atoms with E-state index in [4.69, 9.17) is 0 Å². The molecule has 0 aliphatic carbocycles. The van der Waals surface area contributed by atoms with Crippen LogP contribution in [0.2, 0.25) is 0 Å². The summed E-state index contributed by atoms with van der Waals surface area (Å²) in [5, 5.41) is 1.06. The summed E-state index contributed by atoms with van der Waals surface area (Å²) in [5.74, 6) is -7.97. The Hall–Kier alpha value is -2.41. The molecule has 0 aliphatic rings. The Morgan fingerprint density at radius 2 is 1.35 bits per heavy atom. The lowest BCUT2D eigenvalue weighted by Gasteiger charge is -2.14. The lowest BCUT2D eigenvalue weighted by molar-refractivity contribution is 0.423. The number of benzene rings is 3. The van der Waals surface area contributed by atoms with Crippen molar-refractivity contribution in [2.45, 2.75) is 18.7 Å². The molecule has 0 bridgehead atoms. The van der Waals surface area contributed by atoms with Crippen LogP contribution in [0.4, 0.5) is 17.6 Å². The lowest BCUT2D eigenvalue weighted by atomic mass is 9.94. The Morgan fingerprint density at radius 3 is 1.88 bits per heavy atom. The summed E-state index contributed by atoms with van der Waals surface area (Å²) in [7, 11) is -4.48. The molecule has 2 nitrogen and oxygen atoms in total.